The van der Waals surface area contributed by atoms with Crippen LogP contribution in [0.3, 0.4) is 0 Å². The van der Waals surface area contributed by atoms with Gasteiger partial charge in [0, 0.05) is 12.6 Å². The molecule has 0 bridgehead atoms. The van der Waals surface area contributed by atoms with E-state index in [1.807, 2.05) is 0 Å². The predicted octanol–water partition coefficient (Wildman–Crippen LogP) is 1.71. The van der Waals surface area contributed by atoms with Crippen molar-refractivity contribution in [2.45, 2.75) is 57.6 Å². The summed E-state index contributed by atoms with van der Waals surface area (Å²) in [5, 5.41) is 9.67. The van der Waals surface area contributed by atoms with Gasteiger partial charge in [-0.3, -0.25) is 0 Å². The van der Waals surface area contributed by atoms with Crippen LogP contribution < -0.4 is 0 Å². The van der Waals surface area contributed by atoms with E-state index < -0.39 is 0 Å². The largest absolute Gasteiger partial charge is 0.392 e. The number of nitrogens with zero attached hydrogens (tertiary/aromatic N) is 2. The first-order valence-electron chi connectivity index (χ1n) is 7.44. The summed E-state index contributed by atoms with van der Waals surface area (Å²) in [6.07, 6.45) is 7.59. The van der Waals surface area contributed by atoms with Crippen molar-refractivity contribution in [3.05, 3.63) is 0 Å². The molecule has 0 spiro atoms. The maximum atomic E-state index is 9.67. The standard InChI is InChI=1S/C14H28N2O/c1-2-14(17)12-15-10-6-13(7-11-15)16-8-4-3-5-9-16/h13-14,17H,2-12H2,1H3. The number of aliphatic hydroxyl groups is 1. The monoisotopic (exact) mass is 240 g/mol. The van der Waals surface area contributed by atoms with E-state index in [0.717, 1.165) is 19.0 Å². The molecule has 2 fully saturated rings. The molecule has 1 N–H and O–H groups in total. The summed E-state index contributed by atoms with van der Waals surface area (Å²) in [5.74, 6) is 0. The van der Waals surface area contributed by atoms with E-state index in [4.69, 9.17) is 0 Å². The lowest BCUT2D eigenvalue weighted by molar-refractivity contribution is 0.0592. The van der Waals surface area contributed by atoms with Crippen LogP contribution in [-0.4, -0.2) is 59.8 Å². The maximum Gasteiger partial charge on any atom is 0.0664 e. The highest BCUT2D eigenvalue weighted by atomic mass is 16.3. The number of hydrogen-bond donors (Lipinski definition) is 1. The summed E-state index contributed by atoms with van der Waals surface area (Å²) in [4.78, 5) is 5.14. The van der Waals surface area contributed by atoms with Crippen molar-refractivity contribution in [2.75, 3.05) is 32.7 Å². The van der Waals surface area contributed by atoms with Crippen molar-refractivity contribution in [2.24, 2.45) is 0 Å². The number of hydrogen-bond acceptors (Lipinski definition) is 3. The molecule has 3 nitrogen and oxygen atoms in total. The van der Waals surface area contributed by atoms with Crippen LogP contribution in [0.4, 0.5) is 0 Å². The summed E-state index contributed by atoms with van der Waals surface area (Å²) in [7, 11) is 0. The third-order valence-electron chi connectivity index (χ3n) is 4.40. The van der Waals surface area contributed by atoms with E-state index in [1.165, 1.54) is 58.3 Å². The van der Waals surface area contributed by atoms with E-state index in [-0.39, 0.29) is 6.10 Å². The van der Waals surface area contributed by atoms with Crippen LogP contribution in [-0.2, 0) is 0 Å². The van der Waals surface area contributed by atoms with Crippen LogP contribution in [0.15, 0.2) is 0 Å². The second kappa shape index (κ2) is 6.72. The van der Waals surface area contributed by atoms with Gasteiger partial charge in [-0.2, -0.15) is 0 Å². The molecule has 3 heteroatoms. The van der Waals surface area contributed by atoms with Gasteiger partial charge >= 0.3 is 0 Å². The number of β-amino-alcohol motifs (C(OH)–C–C–N with tert-alkyl or cyclic N) is 1. The van der Waals surface area contributed by atoms with Gasteiger partial charge < -0.3 is 14.9 Å². The molecule has 0 aromatic heterocycles. The van der Waals surface area contributed by atoms with E-state index in [1.54, 1.807) is 0 Å². The number of aliphatic hydroxyl groups excluding tert-OH is 1. The Morgan fingerprint density at radius 3 is 2.29 bits per heavy atom. The summed E-state index contributed by atoms with van der Waals surface area (Å²) in [5.41, 5.74) is 0. The van der Waals surface area contributed by atoms with Crippen molar-refractivity contribution in [3.63, 3.8) is 0 Å². The first-order chi connectivity index (χ1) is 8.29. The summed E-state index contributed by atoms with van der Waals surface area (Å²) < 4.78 is 0. The summed E-state index contributed by atoms with van der Waals surface area (Å²) >= 11 is 0. The average Bonchev–Trinajstić information content (AvgIpc) is 2.40. The quantitative estimate of drug-likeness (QED) is 0.810. The highest BCUT2D eigenvalue weighted by molar-refractivity contribution is 4.82. The van der Waals surface area contributed by atoms with Gasteiger partial charge in [0.15, 0.2) is 0 Å². The minimum atomic E-state index is -0.124. The van der Waals surface area contributed by atoms with Gasteiger partial charge in [-0.15, -0.1) is 0 Å². The Balaban J connectivity index is 1.70. The fourth-order valence-corrected chi connectivity index (χ4v) is 3.18. The molecule has 17 heavy (non-hydrogen) atoms. The number of piperidine rings is 2. The Kier molecular flexibility index (Phi) is 5.26. The average molecular weight is 240 g/mol. The van der Waals surface area contributed by atoms with Gasteiger partial charge in [0.1, 0.15) is 0 Å². The minimum absolute atomic E-state index is 0.124. The number of rotatable bonds is 4. The molecule has 0 aromatic rings. The van der Waals surface area contributed by atoms with Crippen molar-refractivity contribution in [1.82, 2.24) is 9.80 Å². The Bertz CT molecular complexity index is 208. The molecule has 2 aliphatic heterocycles. The highest BCUT2D eigenvalue weighted by Gasteiger charge is 2.25. The van der Waals surface area contributed by atoms with Crippen molar-refractivity contribution in [1.29, 1.82) is 0 Å². The molecule has 0 amide bonds. The Labute approximate surface area is 106 Å². The molecule has 0 aromatic carbocycles. The van der Waals surface area contributed by atoms with E-state index >= 15 is 0 Å². The van der Waals surface area contributed by atoms with Gasteiger partial charge in [0.05, 0.1) is 6.10 Å². The Morgan fingerprint density at radius 1 is 1.06 bits per heavy atom. The fraction of sp³-hybridized carbons (Fsp3) is 1.00. The van der Waals surface area contributed by atoms with Crippen LogP contribution in [0.25, 0.3) is 0 Å². The lowest BCUT2D eigenvalue weighted by Gasteiger charge is -2.40. The molecule has 2 saturated heterocycles. The van der Waals surface area contributed by atoms with Crippen LogP contribution in [0.1, 0.15) is 45.4 Å². The topological polar surface area (TPSA) is 26.7 Å². The molecule has 0 aliphatic carbocycles. The molecule has 2 aliphatic rings. The highest BCUT2D eigenvalue weighted by Crippen LogP contribution is 2.20. The van der Waals surface area contributed by atoms with Crippen molar-refractivity contribution < 1.29 is 5.11 Å². The maximum absolute atomic E-state index is 9.67. The van der Waals surface area contributed by atoms with Crippen LogP contribution in [0.5, 0.6) is 0 Å². The van der Waals surface area contributed by atoms with Gasteiger partial charge in [-0.05, 0) is 58.3 Å². The Morgan fingerprint density at radius 2 is 1.71 bits per heavy atom. The molecule has 100 valence electrons. The number of likely N-dealkylation sites (tertiary alicyclic amines) is 2. The molecule has 2 heterocycles. The van der Waals surface area contributed by atoms with E-state index in [0.29, 0.717) is 0 Å². The smallest absolute Gasteiger partial charge is 0.0664 e. The normalized spacial score (nSPS) is 27.2. The molecule has 2 rings (SSSR count). The van der Waals surface area contributed by atoms with E-state index in [9.17, 15) is 5.11 Å². The molecular formula is C14H28N2O. The van der Waals surface area contributed by atoms with Crippen molar-refractivity contribution in [3.8, 4) is 0 Å². The molecule has 1 atom stereocenters. The van der Waals surface area contributed by atoms with Gasteiger partial charge in [-0.1, -0.05) is 13.3 Å². The van der Waals surface area contributed by atoms with Crippen molar-refractivity contribution >= 4 is 0 Å². The molecular weight excluding hydrogens is 212 g/mol. The first-order valence-corrected chi connectivity index (χ1v) is 7.44. The third kappa shape index (κ3) is 3.94. The zero-order chi connectivity index (χ0) is 12.1. The summed E-state index contributed by atoms with van der Waals surface area (Å²) in [6, 6.07) is 0.824. The SMILES string of the molecule is CCC(O)CN1CCC(N2CCCCC2)CC1. The minimum Gasteiger partial charge on any atom is -0.392 e. The van der Waals surface area contributed by atoms with E-state index in [2.05, 4.69) is 16.7 Å². The zero-order valence-corrected chi connectivity index (χ0v) is 11.3. The fourth-order valence-electron chi connectivity index (χ4n) is 3.18. The summed E-state index contributed by atoms with van der Waals surface area (Å²) in [6.45, 7) is 7.94. The first kappa shape index (κ1) is 13.3. The van der Waals surface area contributed by atoms with Crippen LogP contribution >= 0.6 is 0 Å². The van der Waals surface area contributed by atoms with Gasteiger partial charge in [0.2, 0.25) is 0 Å². The van der Waals surface area contributed by atoms with Crippen LogP contribution in [0, 0.1) is 0 Å². The lowest BCUT2D eigenvalue weighted by Crippen LogP contribution is -2.48. The predicted molar refractivity (Wildman–Crippen MR) is 71.2 cm³/mol. The zero-order valence-electron chi connectivity index (χ0n) is 11.3. The molecule has 1 unspecified atom stereocenters. The molecule has 0 radical (unpaired) electrons. The lowest BCUT2D eigenvalue weighted by atomic mass is 9.99. The van der Waals surface area contributed by atoms with Gasteiger partial charge in [0.25, 0.3) is 0 Å². The Hall–Kier alpha value is -0.120. The molecule has 0 saturated carbocycles. The van der Waals surface area contributed by atoms with Gasteiger partial charge in [-0.25, -0.2) is 0 Å². The third-order valence-corrected chi connectivity index (χ3v) is 4.40. The second-order valence-electron chi connectivity index (χ2n) is 5.69. The second-order valence-corrected chi connectivity index (χ2v) is 5.69. The van der Waals surface area contributed by atoms with Crippen LogP contribution in [0.2, 0.25) is 0 Å².